The highest BCUT2D eigenvalue weighted by molar-refractivity contribution is 5.96. The molecule has 0 radical (unpaired) electrons. The van der Waals surface area contributed by atoms with Crippen molar-refractivity contribution in [3.05, 3.63) is 70.4 Å². The number of fused-ring (bicyclic) bond motifs is 1. The van der Waals surface area contributed by atoms with E-state index in [1.54, 1.807) is 24.3 Å². The van der Waals surface area contributed by atoms with E-state index in [9.17, 15) is 14.8 Å². The molecule has 2 aromatic rings. The molecule has 1 aliphatic rings. The zero-order valence-corrected chi connectivity index (χ0v) is 12.7. The zero-order chi connectivity index (χ0) is 17.3. The second kappa shape index (κ2) is 6.31. The van der Waals surface area contributed by atoms with Crippen molar-refractivity contribution in [1.29, 1.82) is 0 Å². The van der Waals surface area contributed by atoms with Gasteiger partial charge in [-0.2, -0.15) is 0 Å². The topological polar surface area (TPSA) is 99.1 Å². The summed E-state index contributed by atoms with van der Waals surface area (Å²) in [5, 5.41) is 19.5. The first kappa shape index (κ1) is 16.0. The number of carbonyl (C=O) groups is 2. The van der Waals surface area contributed by atoms with Crippen LogP contribution in [-0.4, -0.2) is 24.3 Å². The molecule has 0 aliphatic carbocycles. The maximum atomic E-state index is 12.3. The minimum absolute atomic E-state index is 0.0240. The minimum atomic E-state index is -0.882. The fourth-order valence-electron chi connectivity index (χ4n) is 2.79. The number of hydrogen-bond acceptors (Lipinski definition) is 7. The first-order chi connectivity index (χ1) is 11.5. The van der Waals surface area contributed by atoms with Gasteiger partial charge in [-0.25, -0.2) is 4.79 Å². The summed E-state index contributed by atoms with van der Waals surface area (Å²) in [6, 6.07) is 12.5. The molecule has 0 saturated carbocycles. The molecule has 0 saturated heterocycles. The molecule has 1 heterocycles. The molecule has 7 nitrogen and oxygen atoms in total. The third kappa shape index (κ3) is 2.70. The average molecular weight is 328 g/mol. The minimum Gasteiger partial charge on any atom is -0.733 e. The van der Waals surface area contributed by atoms with Crippen LogP contribution < -0.4 is 5.23 Å². The molecule has 1 aliphatic heterocycles. The Morgan fingerprint density at radius 2 is 1.88 bits per heavy atom. The van der Waals surface area contributed by atoms with Gasteiger partial charge in [0.2, 0.25) is 0 Å². The molecule has 1 N–H and O–H groups in total. The maximum Gasteiger partial charge on any atom is 0.339 e. The van der Waals surface area contributed by atoms with Gasteiger partial charge in [-0.1, -0.05) is 30.3 Å². The average Bonchev–Trinajstić information content (AvgIpc) is 2.61. The van der Waals surface area contributed by atoms with Gasteiger partial charge in [0.15, 0.2) is 0 Å². The molecule has 124 valence electrons. The number of anilines is 1. The molecule has 0 aromatic heterocycles. The summed E-state index contributed by atoms with van der Waals surface area (Å²) in [5.74, 6) is -1.88. The van der Waals surface area contributed by atoms with Crippen LogP contribution in [0.2, 0.25) is 0 Å². The van der Waals surface area contributed by atoms with Gasteiger partial charge in [0, 0.05) is 0 Å². The number of esters is 2. The molecule has 0 amide bonds. The van der Waals surface area contributed by atoms with Crippen LogP contribution in [0.4, 0.5) is 5.69 Å². The number of hydrogen-bond donors (Lipinski definition) is 1. The first-order valence-electron chi connectivity index (χ1n) is 7.16. The molecule has 2 unspecified atom stereocenters. The quantitative estimate of drug-likeness (QED) is 0.682. The summed E-state index contributed by atoms with van der Waals surface area (Å²) in [6.45, 7) is 0. The summed E-state index contributed by atoms with van der Waals surface area (Å²) in [7, 11) is 1.27. The van der Waals surface area contributed by atoms with Crippen molar-refractivity contribution in [3.63, 3.8) is 0 Å². The van der Waals surface area contributed by atoms with Crippen molar-refractivity contribution in [1.82, 2.24) is 0 Å². The second-order valence-corrected chi connectivity index (χ2v) is 5.28. The van der Waals surface area contributed by atoms with Crippen molar-refractivity contribution < 1.29 is 24.3 Å². The van der Waals surface area contributed by atoms with E-state index >= 15 is 0 Å². The number of ether oxygens (including phenoxy) is 2. The highest BCUT2D eigenvalue weighted by atomic mass is 16.8. The van der Waals surface area contributed by atoms with Gasteiger partial charge in [-0.05, 0) is 29.3 Å². The molecular weight excluding hydrogens is 314 g/mol. The largest absolute Gasteiger partial charge is 0.733 e. The van der Waals surface area contributed by atoms with Crippen LogP contribution in [0.25, 0.3) is 0 Å². The predicted octanol–water partition coefficient (Wildman–Crippen LogP) is 2.55. The zero-order valence-electron chi connectivity index (χ0n) is 12.7. The van der Waals surface area contributed by atoms with Crippen LogP contribution in [-0.2, 0) is 14.3 Å². The molecule has 2 atom stereocenters. The van der Waals surface area contributed by atoms with Gasteiger partial charge in [0.1, 0.15) is 12.0 Å². The standard InChI is InChI=1S/C17H14NO6/c1-23-17(20)14-12-4-2-3-5-13(12)16(19)24-15(14)10-6-8-11(9-7-10)18(21)22/h2-9,14-15,21H,1H3/q-1. The molecular formula is C17H14NO6-. The Labute approximate surface area is 137 Å². The lowest BCUT2D eigenvalue weighted by Gasteiger charge is -2.31. The lowest BCUT2D eigenvalue weighted by atomic mass is 9.84. The Morgan fingerprint density at radius 3 is 2.50 bits per heavy atom. The van der Waals surface area contributed by atoms with Gasteiger partial charge in [0.25, 0.3) is 0 Å². The van der Waals surface area contributed by atoms with Crippen LogP contribution >= 0.6 is 0 Å². The Kier molecular flexibility index (Phi) is 4.20. The van der Waals surface area contributed by atoms with E-state index in [0.29, 0.717) is 16.7 Å². The predicted molar refractivity (Wildman–Crippen MR) is 83.4 cm³/mol. The monoisotopic (exact) mass is 328 g/mol. The van der Waals surface area contributed by atoms with Crippen LogP contribution in [0.15, 0.2) is 48.5 Å². The SMILES string of the molecule is COC(=O)C1c2ccccc2C(=O)OC1c1ccc(N([O-])O)cc1. The Hall–Kier alpha value is -2.90. The van der Waals surface area contributed by atoms with Crippen LogP contribution in [0.3, 0.4) is 0 Å². The normalized spacial score (nSPS) is 19.2. The van der Waals surface area contributed by atoms with Crippen LogP contribution in [0.5, 0.6) is 0 Å². The summed E-state index contributed by atoms with van der Waals surface area (Å²) in [6.07, 6.45) is -0.882. The lowest BCUT2D eigenvalue weighted by Crippen LogP contribution is -2.31. The highest BCUT2D eigenvalue weighted by Crippen LogP contribution is 2.41. The Balaban J connectivity index is 2.06. The molecule has 0 spiro atoms. The number of carbonyl (C=O) groups excluding carboxylic acids is 2. The lowest BCUT2D eigenvalue weighted by molar-refractivity contribution is -0.146. The van der Waals surface area contributed by atoms with Gasteiger partial charge in [-0.3, -0.25) is 10.0 Å². The van der Waals surface area contributed by atoms with Crippen LogP contribution in [0, 0.1) is 5.21 Å². The van der Waals surface area contributed by atoms with Crippen LogP contribution in [0.1, 0.15) is 33.5 Å². The van der Waals surface area contributed by atoms with E-state index < -0.39 is 24.0 Å². The molecule has 24 heavy (non-hydrogen) atoms. The summed E-state index contributed by atoms with van der Waals surface area (Å²) >= 11 is 0. The molecule has 0 bridgehead atoms. The molecule has 7 heteroatoms. The van der Waals surface area contributed by atoms with Crippen molar-refractivity contribution in [2.75, 3.05) is 12.3 Å². The van der Waals surface area contributed by atoms with Gasteiger partial charge in [0.05, 0.1) is 18.4 Å². The number of benzene rings is 2. The number of rotatable bonds is 3. The number of methoxy groups -OCH3 is 1. The fourth-order valence-corrected chi connectivity index (χ4v) is 2.79. The van der Waals surface area contributed by atoms with Crippen molar-refractivity contribution in [2.24, 2.45) is 0 Å². The van der Waals surface area contributed by atoms with Crippen molar-refractivity contribution in [2.45, 2.75) is 12.0 Å². The van der Waals surface area contributed by atoms with E-state index in [0.717, 1.165) is 0 Å². The molecule has 3 rings (SSSR count). The van der Waals surface area contributed by atoms with E-state index in [-0.39, 0.29) is 10.9 Å². The van der Waals surface area contributed by atoms with Gasteiger partial charge < -0.3 is 19.9 Å². The van der Waals surface area contributed by atoms with E-state index in [4.69, 9.17) is 14.7 Å². The van der Waals surface area contributed by atoms with Gasteiger partial charge in [-0.15, -0.1) is 0 Å². The summed E-state index contributed by atoms with van der Waals surface area (Å²) < 4.78 is 10.3. The van der Waals surface area contributed by atoms with Crippen molar-refractivity contribution >= 4 is 17.6 Å². The van der Waals surface area contributed by atoms with E-state index in [1.807, 2.05) is 0 Å². The molecule has 2 aromatic carbocycles. The van der Waals surface area contributed by atoms with E-state index in [2.05, 4.69) is 0 Å². The number of cyclic esters (lactones) is 1. The summed E-state index contributed by atoms with van der Waals surface area (Å²) in [4.78, 5) is 24.5. The number of nitrogens with zero attached hydrogens (tertiary/aromatic N) is 1. The smallest absolute Gasteiger partial charge is 0.339 e. The first-order valence-corrected chi connectivity index (χ1v) is 7.16. The maximum absolute atomic E-state index is 12.3. The third-order valence-corrected chi connectivity index (χ3v) is 3.95. The fraction of sp³-hybridized carbons (Fsp3) is 0.176. The van der Waals surface area contributed by atoms with E-state index in [1.165, 1.54) is 31.4 Å². The summed E-state index contributed by atoms with van der Waals surface area (Å²) in [5.41, 5.74) is 1.39. The second-order valence-electron chi connectivity index (χ2n) is 5.28. The third-order valence-electron chi connectivity index (χ3n) is 3.95. The molecule has 0 fully saturated rings. The Bertz CT molecular complexity index is 771. The van der Waals surface area contributed by atoms with Gasteiger partial charge >= 0.3 is 11.9 Å². The highest BCUT2D eigenvalue weighted by Gasteiger charge is 2.41. The Morgan fingerprint density at radius 1 is 1.21 bits per heavy atom. The van der Waals surface area contributed by atoms with Crippen molar-refractivity contribution in [3.8, 4) is 0 Å².